The second kappa shape index (κ2) is 7.26. The van der Waals surface area contributed by atoms with Gasteiger partial charge in [0.15, 0.2) is 0 Å². The van der Waals surface area contributed by atoms with Crippen LogP contribution in [0.3, 0.4) is 0 Å². The van der Waals surface area contributed by atoms with Gasteiger partial charge in [0.2, 0.25) is 0 Å². The first-order valence-electron chi connectivity index (χ1n) is 7.01. The van der Waals surface area contributed by atoms with E-state index in [1.807, 2.05) is 26.0 Å². The van der Waals surface area contributed by atoms with Crippen LogP contribution in [-0.4, -0.2) is 18.4 Å². The molecule has 0 spiro atoms. The molecule has 0 unspecified atom stereocenters. The summed E-state index contributed by atoms with van der Waals surface area (Å²) in [7, 11) is 0. The molecule has 2 aromatic carbocycles. The van der Waals surface area contributed by atoms with Crippen molar-refractivity contribution in [3.8, 4) is 5.75 Å². The van der Waals surface area contributed by atoms with Gasteiger partial charge in [-0.05, 0) is 38.1 Å². The number of para-hydroxylation sites is 2. The average molecular weight is 298 g/mol. The number of hydrogen-bond acceptors (Lipinski definition) is 3. The van der Waals surface area contributed by atoms with Gasteiger partial charge in [0.1, 0.15) is 5.75 Å². The lowest BCUT2D eigenvalue weighted by molar-refractivity contribution is -0.133. The Morgan fingerprint density at radius 2 is 1.59 bits per heavy atom. The Morgan fingerprint density at radius 1 is 0.955 bits per heavy atom. The molecular weight excluding hydrogens is 280 g/mol. The third kappa shape index (κ3) is 4.09. The third-order valence-electron chi connectivity index (χ3n) is 2.95. The number of carbonyl (C=O) groups excluding carboxylic acids is 2. The van der Waals surface area contributed by atoms with E-state index in [-0.39, 0.29) is 0 Å². The number of anilines is 2. The Balaban J connectivity index is 2.02. The van der Waals surface area contributed by atoms with Crippen molar-refractivity contribution >= 4 is 23.2 Å². The second-order valence-electron chi connectivity index (χ2n) is 4.70. The predicted molar refractivity (Wildman–Crippen MR) is 86.0 cm³/mol. The molecule has 0 aliphatic carbocycles. The molecule has 0 radical (unpaired) electrons. The van der Waals surface area contributed by atoms with Crippen LogP contribution in [0.1, 0.15) is 12.5 Å². The van der Waals surface area contributed by atoms with E-state index in [2.05, 4.69) is 10.6 Å². The van der Waals surface area contributed by atoms with Crippen LogP contribution in [0.25, 0.3) is 0 Å². The number of hydrogen-bond donors (Lipinski definition) is 2. The summed E-state index contributed by atoms with van der Waals surface area (Å²) in [6.07, 6.45) is 0. The summed E-state index contributed by atoms with van der Waals surface area (Å²) < 4.78 is 5.40. The molecule has 0 saturated heterocycles. The highest BCUT2D eigenvalue weighted by atomic mass is 16.5. The molecule has 0 aliphatic heterocycles. The van der Waals surface area contributed by atoms with E-state index >= 15 is 0 Å². The van der Waals surface area contributed by atoms with Gasteiger partial charge >= 0.3 is 11.8 Å². The fourth-order valence-electron chi connectivity index (χ4n) is 1.86. The largest absolute Gasteiger partial charge is 0.492 e. The summed E-state index contributed by atoms with van der Waals surface area (Å²) in [5.74, 6) is -0.940. The van der Waals surface area contributed by atoms with Crippen LogP contribution in [0.4, 0.5) is 11.4 Å². The van der Waals surface area contributed by atoms with E-state index < -0.39 is 11.8 Å². The first kappa shape index (κ1) is 15.6. The Bertz CT molecular complexity index is 666. The smallest absolute Gasteiger partial charge is 0.314 e. The molecule has 5 heteroatoms. The van der Waals surface area contributed by atoms with Crippen LogP contribution in [0, 0.1) is 6.92 Å². The SMILES string of the molecule is CCOc1ccccc1NC(=O)C(=O)Nc1ccc(C)cc1. The maximum atomic E-state index is 12.0. The van der Waals surface area contributed by atoms with Crippen molar-refractivity contribution in [2.24, 2.45) is 0 Å². The summed E-state index contributed by atoms with van der Waals surface area (Å²) in [4.78, 5) is 23.9. The molecule has 2 rings (SSSR count). The van der Waals surface area contributed by atoms with E-state index in [0.29, 0.717) is 23.7 Å². The molecule has 0 bridgehead atoms. The summed E-state index contributed by atoms with van der Waals surface area (Å²) in [5, 5.41) is 5.10. The van der Waals surface area contributed by atoms with Crippen LogP contribution in [0.2, 0.25) is 0 Å². The Kier molecular flexibility index (Phi) is 5.14. The fourth-order valence-corrected chi connectivity index (χ4v) is 1.86. The standard InChI is InChI=1S/C17H18N2O3/c1-3-22-15-7-5-4-6-14(15)19-17(21)16(20)18-13-10-8-12(2)9-11-13/h4-11H,3H2,1-2H3,(H,18,20)(H,19,21). The molecule has 2 amide bonds. The maximum absolute atomic E-state index is 12.0. The number of amides is 2. The zero-order chi connectivity index (χ0) is 15.9. The minimum atomic E-state index is -0.743. The lowest BCUT2D eigenvalue weighted by Gasteiger charge is -2.11. The van der Waals surface area contributed by atoms with Crippen molar-refractivity contribution in [3.05, 3.63) is 54.1 Å². The second-order valence-corrected chi connectivity index (χ2v) is 4.70. The Morgan fingerprint density at radius 3 is 2.27 bits per heavy atom. The van der Waals surface area contributed by atoms with Crippen molar-refractivity contribution in [1.82, 2.24) is 0 Å². The monoisotopic (exact) mass is 298 g/mol. The molecule has 0 aliphatic rings. The lowest BCUT2D eigenvalue weighted by Crippen LogP contribution is -2.29. The number of nitrogens with one attached hydrogen (secondary N) is 2. The number of carbonyl (C=O) groups is 2. The third-order valence-corrected chi connectivity index (χ3v) is 2.95. The highest BCUT2D eigenvalue weighted by Crippen LogP contribution is 2.23. The number of benzene rings is 2. The van der Waals surface area contributed by atoms with Crippen LogP contribution >= 0.6 is 0 Å². The number of aryl methyl sites for hydroxylation is 1. The lowest BCUT2D eigenvalue weighted by atomic mass is 10.2. The number of ether oxygens (including phenoxy) is 1. The predicted octanol–water partition coefficient (Wildman–Crippen LogP) is 2.97. The highest BCUT2D eigenvalue weighted by Gasteiger charge is 2.15. The molecule has 0 heterocycles. The summed E-state index contributed by atoms with van der Waals surface area (Å²) in [6.45, 7) is 4.27. The molecule has 5 nitrogen and oxygen atoms in total. The molecule has 0 aromatic heterocycles. The maximum Gasteiger partial charge on any atom is 0.314 e. The minimum absolute atomic E-state index is 0.466. The molecule has 114 valence electrons. The van der Waals surface area contributed by atoms with E-state index in [4.69, 9.17) is 4.74 Å². The molecule has 2 aromatic rings. The molecule has 0 saturated carbocycles. The average Bonchev–Trinajstić information content (AvgIpc) is 2.51. The van der Waals surface area contributed by atoms with E-state index in [1.165, 1.54) is 0 Å². The van der Waals surface area contributed by atoms with Crippen LogP contribution in [0.5, 0.6) is 5.75 Å². The highest BCUT2D eigenvalue weighted by molar-refractivity contribution is 6.43. The van der Waals surface area contributed by atoms with Gasteiger partial charge < -0.3 is 15.4 Å². The van der Waals surface area contributed by atoms with Crippen molar-refractivity contribution in [2.75, 3.05) is 17.2 Å². The molecular formula is C17H18N2O3. The first-order chi connectivity index (χ1) is 10.6. The van der Waals surface area contributed by atoms with E-state index in [9.17, 15) is 9.59 Å². The first-order valence-corrected chi connectivity index (χ1v) is 7.01. The Labute approximate surface area is 129 Å². The molecule has 22 heavy (non-hydrogen) atoms. The van der Waals surface area contributed by atoms with Crippen molar-refractivity contribution in [2.45, 2.75) is 13.8 Å². The van der Waals surface area contributed by atoms with Gasteiger partial charge in [-0.15, -0.1) is 0 Å². The minimum Gasteiger partial charge on any atom is -0.492 e. The zero-order valence-electron chi connectivity index (χ0n) is 12.6. The summed E-state index contributed by atoms with van der Waals surface area (Å²) >= 11 is 0. The van der Waals surface area contributed by atoms with Gasteiger partial charge in [-0.25, -0.2) is 0 Å². The van der Waals surface area contributed by atoms with E-state index in [0.717, 1.165) is 5.56 Å². The van der Waals surface area contributed by atoms with Gasteiger partial charge in [-0.2, -0.15) is 0 Å². The quantitative estimate of drug-likeness (QED) is 0.853. The Hall–Kier alpha value is -2.82. The normalized spacial score (nSPS) is 9.91. The summed E-state index contributed by atoms with van der Waals surface area (Å²) in [6, 6.07) is 14.2. The number of rotatable bonds is 4. The fraction of sp³-hybridized carbons (Fsp3) is 0.176. The molecule has 0 fully saturated rings. The van der Waals surface area contributed by atoms with Crippen LogP contribution in [-0.2, 0) is 9.59 Å². The molecule has 2 N–H and O–H groups in total. The molecule has 0 atom stereocenters. The van der Waals surface area contributed by atoms with Crippen LogP contribution in [0.15, 0.2) is 48.5 Å². The van der Waals surface area contributed by atoms with Crippen molar-refractivity contribution in [3.63, 3.8) is 0 Å². The van der Waals surface area contributed by atoms with E-state index in [1.54, 1.807) is 36.4 Å². The van der Waals surface area contributed by atoms with Gasteiger partial charge in [0, 0.05) is 5.69 Å². The van der Waals surface area contributed by atoms with Crippen LogP contribution < -0.4 is 15.4 Å². The zero-order valence-corrected chi connectivity index (χ0v) is 12.6. The van der Waals surface area contributed by atoms with Gasteiger partial charge in [-0.1, -0.05) is 29.8 Å². The summed E-state index contributed by atoms with van der Waals surface area (Å²) in [5.41, 5.74) is 2.12. The topological polar surface area (TPSA) is 67.4 Å². The van der Waals surface area contributed by atoms with Crippen molar-refractivity contribution < 1.29 is 14.3 Å². The van der Waals surface area contributed by atoms with Crippen molar-refractivity contribution in [1.29, 1.82) is 0 Å². The van der Waals surface area contributed by atoms with Gasteiger partial charge in [0.05, 0.1) is 12.3 Å². The van der Waals surface area contributed by atoms with Gasteiger partial charge in [-0.3, -0.25) is 9.59 Å². The van der Waals surface area contributed by atoms with Gasteiger partial charge in [0.25, 0.3) is 0 Å².